The standard InChI is InChI=1S/C17H24ClNO2/c1-12(2)11-21-10-9-19-17(20)16(13(3)4)14-5-7-15(18)8-6-14/h5-8,13,16H,1,9-11H2,2-4H3,(H,19,20). The molecule has 1 aromatic carbocycles. The quantitative estimate of drug-likeness (QED) is 0.586. The molecule has 0 aliphatic rings. The summed E-state index contributed by atoms with van der Waals surface area (Å²) in [4.78, 5) is 12.3. The molecule has 0 bridgehead atoms. The highest BCUT2D eigenvalue weighted by atomic mass is 35.5. The van der Waals surface area contributed by atoms with Crippen molar-refractivity contribution in [1.82, 2.24) is 5.32 Å². The summed E-state index contributed by atoms with van der Waals surface area (Å²) < 4.78 is 5.38. The van der Waals surface area contributed by atoms with Crippen LogP contribution in [0, 0.1) is 5.92 Å². The number of ether oxygens (including phenoxy) is 1. The van der Waals surface area contributed by atoms with E-state index in [2.05, 4.69) is 11.9 Å². The Kier molecular flexibility index (Phi) is 7.48. The Morgan fingerprint density at radius 1 is 1.33 bits per heavy atom. The van der Waals surface area contributed by atoms with Crippen LogP contribution in [0.25, 0.3) is 0 Å². The summed E-state index contributed by atoms with van der Waals surface area (Å²) in [5.74, 6) is 0.0529. The van der Waals surface area contributed by atoms with Crippen LogP contribution in [0.15, 0.2) is 36.4 Å². The van der Waals surface area contributed by atoms with Gasteiger partial charge in [-0.1, -0.05) is 49.7 Å². The molecule has 116 valence electrons. The van der Waals surface area contributed by atoms with Crippen molar-refractivity contribution < 1.29 is 9.53 Å². The van der Waals surface area contributed by atoms with E-state index in [4.69, 9.17) is 16.3 Å². The smallest absolute Gasteiger partial charge is 0.227 e. The average molecular weight is 310 g/mol. The van der Waals surface area contributed by atoms with Gasteiger partial charge in [-0.2, -0.15) is 0 Å². The molecule has 0 fully saturated rings. The second-order valence-corrected chi connectivity index (χ2v) is 6.01. The fourth-order valence-corrected chi connectivity index (χ4v) is 2.24. The van der Waals surface area contributed by atoms with Gasteiger partial charge in [-0.3, -0.25) is 4.79 Å². The van der Waals surface area contributed by atoms with Gasteiger partial charge in [0.25, 0.3) is 0 Å². The molecule has 0 saturated carbocycles. The van der Waals surface area contributed by atoms with Crippen molar-refractivity contribution in [2.24, 2.45) is 5.92 Å². The number of carbonyl (C=O) groups excluding carboxylic acids is 1. The fraction of sp³-hybridized carbons (Fsp3) is 0.471. The summed E-state index contributed by atoms with van der Waals surface area (Å²) in [5.41, 5.74) is 1.96. The third-order valence-corrected chi connectivity index (χ3v) is 3.32. The van der Waals surface area contributed by atoms with Gasteiger partial charge in [-0.25, -0.2) is 0 Å². The molecule has 0 aliphatic carbocycles. The Labute approximate surface area is 132 Å². The molecule has 21 heavy (non-hydrogen) atoms. The average Bonchev–Trinajstić information content (AvgIpc) is 2.40. The zero-order chi connectivity index (χ0) is 15.8. The van der Waals surface area contributed by atoms with E-state index < -0.39 is 0 Å². The number of amides is 1. The molecule has 3 nitrogen and oxygen atoms in total. The van der Waals surface area contributed by atoms with E-state index >= 15 is 0 Å². The minimum atomic E-state index is -0.177. The first-order chi connectivity index (χ1) is 9.91. The van der Waals surface area contributed by atoms with Crippen LogP contribution in [0.5, 0.6) is 0 Å². The van der Waals surface area contributed by atoms with Gasteiger partial charge >= 0.3 is 0 Å². The zero-order valence-corrected chi connectivity index (χ0v) is 13.7. The number of carbonyl (C=O) groups is 1. The van der Waals surface area contributed by atoms with Gasteiger partial charge in [0.15, 0.2) is 0 Å². The Morgan fingerprint density at radius 2 is 1.95 bits per heavy atom. The van der Waals surface area contributed by atoms with Crippen LogP contribution in [0.3, 0.4) is 0 Å². The van der Waals surface area contributed by atoms with Crippen LogP contribution >= 0.6 is 11.6 Å². The van der Waals surface area contributed by atoms with Crippen LogP contribution < -0.4 is 5.32 Å². The largest absolute Gasteiger partial charge is 0.375 e. The molecular weight excluding hydrogens is 286 g/mol. The van der Waals surface area contributed by atoms with Crippen molar-refractivity contribution in [2.45, 2.75) is 26.7 Å². The van der Waals surface area contributed by atoms with E-state index in [0.29, 0.717) is 24.8 Å². The predicted octanol–water partition coefficient (Wildman–Crippen LogP) is 3.79. The molecule has 0 aliphatic heterocycles. The highest BCUT2D eigenvalue weighted by Gasteiger charge is 2.23. The first-order valence-corrected chi connectivity index (χ1v) is 7.55. The van der Waals surface area contributed by atoms with Crippen LogP contribution in [-0.4, -0.2) is 25.7 Å². The summed E-state index contributed by atoms with van der Waals surface area (Å²) in [6, 6.07) is 7.44. The third-order valence-electron chi connectivity index (χ3n) is 3.07. The van der Waals surface area contributed by atoms with Crippen LogP contribution in [0.1, 0.15) is 32.3 Å². The third kappa shape index (κ3) is 6.32. The second-order valence-electron chi connectivity index (χ2n) is 5.57. The topological polar surface area (TPSA) is 38.3 Å². The normalized spacial score (nSPS) is 12.2. The monoisotopic (exact) mass is 309 g/mol. The number of rotatable bonds is 8. The second kappa shape index (κ2) is 8.85. The van der Waals surface area contributed by atoms with E-state index in [1.807, 2.05) is 45.0 Å². The molecule has 0 saturated heterocycles. The lowest BCUT2D eigenvalue weighted by Gasteiger charge is -2.21. The Hall–Kier alpha value is -1.32. The molecule has 0 heterocycles. The lowest BCUT2D eigenvalue weighted by atomic mass is 9.87. The molecule has 1 amide bonds. The predicted molar refractivity (Wildman–Crippen MR) is 87.7 cm³/mol. The molecule has 1 rings (SSSR count). The maximum absolute atomic E-state index is 12.3. The molecular formula is C17H24ClNO2. The van der Waals surface area contributed by atoms with E-state index in [1.165, 1.54) is 0 Å². The van der Waals surface area contributed by atoms with Crippen LogP contribution in [0.4, 0.5) is 0 Å². The maximum Gasteiger partial charge on any atom is 0.227 e. The van der Waals surface area contributed by atoms with Crippen LogP contribution in [-0.2, 0) is 9.53 Å². The zero-order valence-electron chi connectivity index (χ0n) is 13.0. The Bertz CT molecular complexity index is 468. The first kappa shape index (κ1) is 17.7. The molecule has 0 aromatic heterocycles. The lowest BCUT2D eigenvalue weighted by Crippen LogP contribution is -2.34. The van der Waals surface area contributed by atoms with Gasteiger partial charge in [0, 0.05) is 11.6 Å². The van der Waals surface area contributed by atoms with Gasteiger partial charge in [-0.15, -0.1) is 0 Å². The van der Waals surface area contributed by atoms with Crippen molar-refractivity contribution in [3.05, 3.63) is 47.0 Å². The van der Waals surface area contributed by atoms with E-state index in [0.717, 1.165) is 11.1 Å². The highest BCUT2D eigenvalue weighted by Crippen LogP contribution is 2.25. The summed E-state index contributed by atoms with van der Waals surface area (Å²) in [6.45, 7) is 11.3. The minimum Gasteiger partial charge on any atom is -0.375 e. The van der Waals surface area contributed by atoms with Crippen molar-refractivity contribution in [3.63, 3.8) is 0 Å². The minimum absolute atomic E-state index is 0.0197. The van der Waals surface area contributed by atoms with Crippen molar-refractivity contribution in [1.29, 1.82) is 0 Å². The van der Waals surface area contributed by atoms with Gasteiger partial charge < -0.3 is 10.1 Å². The van der Waals surface area contributed by atoms with Crippen molar-refractivity contribution in [2.75, 3.05) is 19.8 Å². The summed E-state index contributed by atoms with van der Waals surface area (Å²) in [6.07, 6.45) is 0. The highest BCUT2D eigenvalue weighted by molar-refractivity contribution is 6.30. The van der Waals surface area contributed by atoms with E-state index in [1.54, 1.807) is 0 Å². The summed E-state index contributed by atoms with van der Waals surface area (Å²) >= 11 is 5.90. The van der Waals surface area contributed by atoms with Gasteiger partial charge in [0.1, 0.15) is 0 Å². The number of hydrogen-bond donors (Lipinski definition) is 1. The number of nitrogens with one attached hydrogen (secondary N) is 1. The first-order valence-electron chi connectivity index (χ1n) is 7.17. The van der Waals surface area contributed by atoms with Crippen LogP contribution in [0.2, 0.25) is 5.02 Å². The molecule has 1 aromatic rings. The van der Waals surface area contributed by atoms with E-state index in [9.17, 15) is 4.79 Å². The van der Waals surface area contributed by atoms with E-state index in [-0.39, 0.29) is 17.7 Å². The number of hydrogen-bond acceptors (Lipinski definition) is 2. The lowest BCUT2D eigenvalue weighted by molar-refractivity contribution is -0.123. The molecule has 1 N–H and O–H groups in total. The number of halogens is 1. The molecule has 1 atom stereocenters. The maximum atomic E-state index is 12.3. The van der Waals surface area contributed by atoms with Crippen molar-refractivity contribution in [3.8, 4) is 0 Å². The van der Waals surface area contributed by atoms with Gasteiger partial charge in [0.05, 0.1) is 19.1 Å². The molecule has 0 radical (unpaired) electrons. The van der Waals surface area contributed by atoms with Gasteiger partial charge in [0.2, 0.25) is 5.91 Å². The Balaban J connectivity index is 2.54. The molecule has 0 spiro atoms. The summed E-state index contributed by atoms with van der Waals surface area (Å²) in [5, 5.41) is 3.60. The molecule has 1 unspecified atom stereocenters. The number of benzene rings is 1. The fourth-order valence-electron chi connectivity index (χ4n) is 2.11. The SMILES string of the molecule is C=C(C)COCCNC(=O)C(c1ccc(Cl)cc1)C(C)C. The van der Waals surface area contributed by atoms with Gasteiger partial charge in [-0.05, 0) is 30.5 Å². The Morgan fingerprint density at radius 3 is 2.48 bits per heavy atom. The summed E-state index contributed by atoms with van der Waals surface area (Å²) in [7, 11) is 0. The van der Waals surface area contributed by atoms with Crippen molar-refractivity contribution >= 4 is 17.5 Å². The molecule has 4 heteroatoms.